The quantitative estimate of drug-likeness (QED) is 0.138. The number of hydrogen-bond acceptors (Lipinski definition) is 4. The summed E-state index contributed by atoms with van der Waals surface area (Å²) in [4.78, 5) is 24.9. The Hall–Kier alpha value is -2.56. The summed E-state index contributed by atoms with van der Waals surface area (Å²) in [5.74, 6) is -9.64. The van der Waals surface area contributed by atoms with Crippen molar-refractivity contribution in [1.82, 2.24) is 10.6 Å². The van der Waals surface area contributed by atoms with Crippen LogP contribution in [0.25, 0.3) is 0 Å². The third-order valence-corrected chi connectivity index (χ3v) is 4.85. The van der Waals surface area contributed by atoms with Gasteiger partial charge in [-0.15, -0.1) is 12.4 Å². The highest BCUT2D eigenvalue weighted by atomic mass is 35.5. The van der Waals surface area contributed by atoms with E-state index in [1.165, 1.54) is 0 Å². The number of Topliss-reactive ketones (excluding diaryl/α,β-unsaturated/α-hetero) is 1. The molecule has 1 saturated carbocycles. The molecule has 1 aliphatic rings. The highest BCUT2D eigenvalue weighted by Crippen LogP contribution is 2.27. The number of nitrogens with one attached hydrogen (secondary N) is 3. The van der Waals surface area contributed by atoms with E-state index in [0.717, 1.165) is 12.8 Å². The molecule has 0 aromatic heterocycles. The van der Waals surface area contributed by atoms with Gasteiger partial charge < -0.3 is 21.1 Å². The van der Waals surface area contributed by atoms with Crippen molar-refractivity contribution >= 4 is 30.1 Å². The number of nitrogens with two attached hydrogens (primary N) is 1. The summed E-state index contributed by atoms with van der Waals surface area (Å²) in [7, 11) is 0. The zero-order valence-corrected chi connectivity index (χ0v) is 17.4. The second kappa shape index (κ2) is 12.3. The largest absolute Gasteiger partial charge is 0.479 e. The van der Waals surface area contributed by atoms with Crippen molar-refractivity contribution in [3.05, 3.63) is 29.3 Å². The number of guanidine groups is 1. The second-order valence-corrected chi connectivity index (χ2v) is 7.08. The van der Waals surface area contributed by atoms with Crippen LogP contribution in [0.15, 0.2) is 6.07 Å². The molecule has 0 radical (unpaired) electrons. The minimum atomic E-state index is -1.75. The van der Waals surface area contributed by atoms with E-state index < -0.39 is 47.5 Å². The molecule has 2 rings (SSSR count). The van der Waals surface area contributed by atoms with Gasteiger partial charge in [-0.3, -0.25) is 15.0 Å². The molecule has 0 heterocycles. The summed E-state index contributed by atoms with van der Waals surface area (Å²) in [6.07, 6.45) is 3.71. The number of halogens is 5. The van der Waals surface area contributed by atoms with Crippen LogP contribution in [-0.2, 0) is 9.59 Å². The van der Waals surface area contributed by atoms with Gasteiger partial charge in [0, 0.05) is 18.5 Å². The third-order valence-electron chi connectivity index (χ3n) is 4.85. The minimum Gasteiger partial charge on any atom is -0.479 e. The molecule has 1 atom stereocenters. The van der Waals surface area contributed by atoms with Gasteiger partial charge in [-0.05, 0) is 25.7 Å². The van der Waals surface area contributed by atoms with Crippen LogP contribution in [0, 0.1) is 34.6 Å². The SMILES string of the molecule is Cl.N=C(N)NCCCC(NC(=O)C1CCCC1)C(=O)COc1c(F)c(F)cc(F)c1F. The first-order valence-electron chi connectivity index (χ1n) is 9.57. The van der Waals surface area contributed by atoms with Crippen LogP contribution < -0.4 is 21.1 Å². The van der Waals surface area contributed by atoms with Crippen LogP contribution in [0.5, 0.6) is 5.75 Å². The van der Waals surface area contributed by atoms with Gasteiger partial charge in [0.15, 0.2) is 29.1 Å². The highest BCUT2D eigenvalue weighted by molar-refractivity contribution is 5.90. The van der Waals surface area contributed by atoms with E-state index in [4.69, 9.17) is 15.9 Å². The summed E-state index contributed by atoms with van der Waals surface area (Å²) < 4.78 is 58.7. The molecule has 31 heavy (non-hydrogen) atoms. The molecule has 0 bridgehead atoms. The molecule has 0 aliphatic heterocycles. The Labute approximate surface area is 183 Å². The summed E-state index contributed by atoms with van der Waals surface area (Å²) in [6, 6.07) is -0.997. The fourth-order valence-electron chi connectivity index (χ4n) is 3.24. The van der Waals surface area contributed by atoms with Crippen LogP contribution >= 0.6 is 12.4 Å². The molecule has 1 aliphatic carbocycles. The average Bonchev–Trinajstić information content (AvgIpc) is 3.23. The Kier molecular flexibility index (Phi) is 10.5. The van der Waals surface area contributed by atoms with Crippen molar-refractivity contribution in [1.29, 1.82) is 5.41 Å². The highest BCUT2D eigenvalue weighted by Gasteiger charge is 2.28. The fourth-order valence-corrected chi connectivity index (χ4v) is 3.24. The molecule has 1 aromatic carbocycles. The number of ether oxygens (including phenoxy) is 1. The van der Waals surface area contributed by atoms with Crippen molar-refractivity contribution in [3.8, 4) is 5.75 Å². The van der Waals surface area contributed by atoms with Crippen molar-refractivity contribution in [2.45, 2.75) is 44.6 Å². The first-order valence-corrected chi connectivity index (χ1v) is 9.57. The number of hydrogen-bond donors (Lipinski definition) is 4. The molecule has 1 fully saturated rings. The summed E-state index contributed by atoms with van der Waals surface area (Å²) in [5.41, 5.74) is 5.18. The molecular formula is C19H25ClF4N4O3. The van der Waals surface area contributed by atoms with E-state index >= 15 is 0 Å². The number of benzene rings is 1. The molecule has 5 N–H and O–H groups in total. The summed E-state index contributed by atoms with van der Waals surface area (Å²) in [6.45, 7) is -0.635. The first kappa shape index (κ1) is 26.5. The Morgan fingerprint density at radius 3 is 2.29 bits per heavy atom. The second-order valence-electron chi connectivity index (χ2n) is 7.08. The maximum absolute atomic E-state index is 13.7. The number of ketones is 1. The number of rotatable bonds is 10. The molecule has 174 valence electrons. The number of amides is 1. The lowest BCUT2D eigenvalue weighted by atomic mass is 10.0. The predicted molar refractivity (Wildman–Crippen MR) is 107 cm³/mol. The first-order chi connectivity index (χ1) is 14.2. The van der Waals surface area contributed by atoms with Crippen molar-refractivity contribution in [3.63, 3.8) is 0 Å². The van der Waals surface area contributed by atoms with Crippen molar-refractivity contribution in [2.24, 2.45) is 11.7 Å². The Morgan fingerprint density at radius 1 is 1.16 bits per heavy atom. The minimum absolute atomic E-state index is 0. The van der Waals surface area contributed by atoms with E-state index in [-0.39, 0.29) is 49.2 Å². The van der Waals surface area contributed by atoms with Crippen LogP contribution in [0.2, 0.25) is 0 Å². The molecule has 12 heteroatoms. The fraction of sp³-hybridized carbons (Fsp3) is 0.526. The summed E-state index contributed by atoms with van der Waals surface area (Å²) >= 11 is 0. The van der Waals surface area contributed by atoms with Gasteiger partial charge in [-0.25, -0.2) is 8.78 Å². The standard InChI is InChI=1S/C19H24F4N4O3.ClH/c20-11-8-12(21)16(23)17(15(11)22)30-9-14(28)13(6-3-7-26-19(24)25)27-18(29)10-4-1-2-5-10;/h8,10,13H,1-7,9H2,(H,27,29)(H4,24,25,26);1H. The Morgan fingerprint density at radius 2 is 1.74 bits per heavy atom. The molecule has 1 aromatic rings. The van der Waals surface area contributed by atoms with E-state index in [2.05, 4.69) is 10.6 Å². The van der Waals surface area contributed by atoms with Gasteiger partial charge in [-0.2, -0.15) is 8.78 Å². The van der Waals surface area contributed by atoms with E-state index in [0.29, 0.717) is 19.3 Å². The smallest absolute Gasteiger partial charge is 0.223 e. The molecule has 7 nitrogen and oxygen atoms in total. The van der Waals surface area contributed by atoms with Crippen LogP contribution in [0.3, 0.4) is 0 Å². The van der Waals surface area contributed by atoms with Crippen LogP contribution in [0.1, 0.15) is 38.5 Å². The Bertz CT molecular complexity index is 781. The topological polar surface area (TPSA) is 117 Å². The van der Waals surface area contributed by atoms with Gasteiger partial charge in [0.2, 0.25) is 17.5 Å². The molecular weight excluding hydrogens is 444 g/mol. The van der Waals surface area contributed by atoms with Gasteiger partial charge in [0.05, 0.1) is 6.04 Å². The summed E-state index contributed by atoms with van der Waals surface area (Å²) in [5, 5.41) is 12.3. The van der Waals surface area contributed by atoms with Gasteiger partial charge in [-0.1, -0.05) is 12.8 Å². The average molecular weight is 469 g/mol. The van der Waals surface area contributed by atoms with Crippen molar-refractivity contribution < 1.29 is 31.9 Å². The number of carbonyl (C=O) groups excluding carboxylic acids is 2. The van der Waals surface area contributed by atoms with Gasteiger partial charge >= 0.3 is 0 Å². The van der Waals surface area contributed by atoms with Gasteiger partial charge in [0.1, 0.15) is 6.61 Å². The lowest BCUT2D eigenvalue weighted by Gasteiger charge is -2.20. The lowest BCUT2D eigenvalue weighted by Crippen LogP contribution is -2.45. The molecule has 1 amide bonds. The zero-order valence-electron chi connectivity index (χ0n) is 16.6. The third kappa shape index (κ3) is 7.57. The van der Waals surface area contributed by atoms with E-state index in [1.54, 1.807) is 0 Å². The molecule has 0 spiro atoms. The lowest BCUT2D eigenvalue weighted by molar-refractivity contribution is -0.131. The number of carbonyl (C=O) groups is 2. The molecule has 0 saturated heterocycles. The van der Waals surface area contributed by atoms with E-state index in [1.807, 2.05) is 0 Å². The van der Waals surface area contributed by atoms with Crippen molar-refractivity contribution in [2.75, 3.05) is 13.2 Å². The maximum atomic E-state index is 13.7. The monoisotopic (exact) mass is 468 g/mol. The Balaban J connectivity index is 0.00000480. The van der Waals surface area contributed by atoms with Gasteiger partial charge in [0.25, 0.3) is 0 Å². The zero-order chi connectivity index (χ0) is 22.3. The van der Waals surface area contributed by atoms with E-state index in [9.17, 15) is 27.2 Å². The normalized spacial score (nSPS) is 14.5. The molecule has 1 unspecified atom stereocenters. The predicted octanol–water partition coefficient (Wildman–Crippen LogP) is 2.55. The maximum Gasteiger partial charge on any atom is 0.223 e. The van der Waals surface area contributed by atoms with Crippen LogP contribution in [-0.4, -0.2) is 36.8 Å². The van der Waals surface area contributed by atoms with Crippen LogP contribution in [0.4, 0.5) is 17.6 Å².